The molecule has 0 aliphatic heterocycles. The Morgan fingerprint density at radius 3 is 2.40 bits per heavy atom. The predicted octanol–water partition coefficient (Wildman–Crippen LogP) is 5.30. The standard InChI is InChI=1S/C14H24S/c1-5-6-7-8-9-14(3,4)13-11-15-10-12(13)2/h10-11H,5-9H2,1-4H3. The summed E-state index contributed by atoms with van der Waals surface area (Å²) in [4.78, 5) is 0. The maximum Gasteiger partial charge on any atom is -0.00531 e. The van der Waals surface area contributed by atoms with E-state index in [2.05, 4.69) is 38.5 Å². The van der Waals surface area contributed by atoms with Crippen molar-refractivity contribution in [2.45, 2.75) is 65.2 Å². The fourth-order valence-electron chi connectivity index (χ4n) is 2.18. The van der Waals surface area contributed by atoms with Crippen LogP contribution in [0.3, 0.4) is 0 Å². The second-order valence-electron chi connectivity index (χ2n) is 5.16. The summed E-state index contributed by atoms with van der Waals surface area (Å²) in [7, 11) is 0. The van der Waals surface area contributed by atoms with Gasteiger partial charge in [0.2, 0.25) is 0 Å². The van der Waals surface area contributed by atoms with Crippen molar-refractivity contribution in [2.24, 2.45) is 0 Å². The molecule has 0 spiro atoms. The molecule has 0 saturated carbocycles. The molecule has 0 nitrogen and oxygen atoms in total. The number of unbranched alkanes of at least 4 members (excludes halogenated alkanes) is 3. The Morgan fingerprint density at radius 2 is 1.87 bits per heavy atom. The van der Waals surface area contributed by atoms with E-state index < -0.39 is 0 Å². The van der Waals surface area contributed by atoms with Crippen molar-refractivity contribution in [3.05, 3.63) is 21.9 Å². The first-order chi connectivity index (χ1) is 7.08. The van der Waals surface area contributed by atoms with Crippen LogP contribution >= 0.6 is 11.3 Å². The van der Waals surface area contributed by atoms with Gasteiger partial charge in [-0.1, -0.05) is 46.5 Å². The molecule has 1 aromatic heterocycles. The fraction of sp³-hybridized carbons (Fsp3) is 0.714. The SMILES string of the molecule is CCCCCCC(C)(C)c1cscc1C. The van der Waals surface area contributed by atoms with Gasteiger partial charge in [-0.15, -0.1) is 0 Å². The van der Waals surface area contributed by atoms with Gasteiger partial charge in [-0.2, -0.15) is 11.3 Å². The fourth-order valence-corrected chi connectivity index (χ4v) is 3.22. The number of hydrogen-bond donors (Lipinski definition) is 0. The molecule has 0 aromatic carbocycles. The molecule has 0 aliphatic rings. The van der Waals surface area contributed by atoms with Crippen LogP contribution in [0.5, 0.6) is 0 Å². The molecule has 0 saturated heterocycles. The van der Waals surface area contributed by atoms with Crippen molar-refractivity contribution in [2.75, 3.05) is 0 Å². The van der Waals surface area contributed by atoms with E-state index in [1.165, 1.54) is 37.7 Å². The highest BCUT2D eigenvalue weighted by Gasteiger charge is 2.22. The van der Waals surface area contributed by atoms with Gasteiger partial charge in [-0.25, -0.2) is 0 Å². The first-order valence-corrected chi connectivity index (χ1v) is 7.05. The lowest BCUT2D eigenvalue weighted by atomic mass is 9.80. The number of thiophene rings is 1. The molecule has 0 aliphatic carbocycles. The van der Waals surface area contributed by atoms with Crippen LogP contribution in [0.1, 0.15) is 64.0 Å². The summed E-state index contributed by atoms with van der Waals surface area (Å²) in [6.45, 7) is 9.27. The molecule has 15 heavy (non-hydrogen) atoms. The lowest BCUT2D eigenvalue weighted by Crippen LogP contribution is -2.17. The minimum Gasteiger partial charge on any atom is -0.152 e. The zero-order valence-electron chi connectivity index (χ0n) is 10.6. The molecule has 0 amide bonds. The van der Waals surface area contributed by atoms with Gasteiger partial charge >= 0.3 is 0 Å². The number of aryl methyl sites for hydroxylation is 1. The van der Waals surface area contributed by atoms with Gasteiger partial charge in [0.05, 0.1) is 0 Å². The van der Waals surface area contributed by atoms with Crippen LogP contribution < -0.4 is 0 Å². The first kappa shape index (κ1) is 12.8. The molecular formula is C14H24S. The highest BCUT2D eigenvalue weighted by atomic mass is 32.1. The van der Waals surface area contributed by atoms with Crippen LogP contribution in [0.25, 0.3) is 0 Å². The van der Waals surface area contributed by atoms with Gasteiger partial charge in [0.15, 0.2) is 0 Å². The second kappa shape index (κ2) is 5.69. The predicted molar refractivity (Wildman–Crippen MR) is 70.8 cm³/mol. The summed E-state index contributed by atoms with van der Waals surface area (Å²) in [5.74, 6) is 0. The summed E-state index contributed by atoms with van der Waals surface area (Å²) >= 11 is 1.84. The van der Waals surface area contributed by atoms with E-state index in [-0.39, 0.29) is 0 Å². The van der Waals surface area contributed by atoms with E-state index in [0.717, 1.165) is 0 Å². The second-order valence-corrected chi connectivity index (χ2v) is 5.91. The summed E-state index contributed by atoms with van der Waals surface area (Å²) in [5, 5.41) is 4.60. The van der Waals surface area contributed by atoms with Crippen LogP contribution in [0.4, 0.5) is 0 Å². The number of hydrogen-bond acceptors (Lipinski definition) is 1. The lowest BCUT2D eigenvalue weighted by Gasteiger charge is -2.25. The van der Waals surface area contributed by atoms with Crippen molar-refractivity contribution in [3.8, 4) is 0 Å². The average Bonchev–Trinajstić information content (AvgIpc) is 2.60. The molecule has 1 heterocycles. The summed E-state index contributed by atoms with van der Waals surface area (Å²) < 4.78 is 0. The topological polar surface area (TPSA) is 0 Å². The first-order valence-electron chi connectivity index (χ1n) is 6.11. The third-order valence-corrected chi connectivity index (χ3v) is 4.10. The van der Waals surface area contributed by atoms with E-state index in [0.29, 0.717) is 5.41 Å². The van der Waals surface area contributed by atoms with Gasteiger partial charge < -0.3 is 0 Å². The van der Waals surface area contributed by atoms with E-state index in [9.17, 15) is 0 Å². The van der Waals surface area contributed by atoms with Gasteiger partial charge in [-0.3, -0.25) is 0 Å². The Morgan fingerprint density at radius 1 is 1.13 bits per heavy atom. The van der Waals surface area contributed by atoms with Gasteiger partial charge in [0, 0.05) is 0 Å². The Labute approximate surface area is 98.7 Å². The largest absolute Gasteiger partial charge is 0.152 e. The minimum atomic E-state index is 0.373. The lowest BCUT2D eigenvalue weighted by molar-refractivity contribution is 0.445. The van der Waals surface area contributed by atoms with Crippen molar-refractivity contribution in [3.63, 3.8) is 0 Å². The molecule has 0 bridgehead atoms. The molecule has 86 valence electrons. The molecule has 0 radical (unpaired) electrons. The summed E-state index contributed by atoms with van der Waals surface area (Å²) in [6, 6.07) is 0. The van der Waals surface area contributed by atoms with Crippen LogP contribution in [-0.2, 0) is 5.41 Å². The Bertz CT molecular complexity index is 283. The maximum atomic E-state index is 2.38. The zero-order valence-corrected chi connectivity index (χ0v) is 11.4. The van der Waals surface area contributed by atoms with Crippen LogP contribution in [0, 0.1) is 6.92 Å². The Balaban J connectivity index is 2.48. The van der Waals surface area contributed by atoms with E-state index in [1.807, 2.05) is 11.3 Å². The van der Waals surface area contributed by atoms with E-state index in [1.54, 1.807) is 5.56 Å². The highest BCUT2D eigenvalue weighted by Crippen LogP contribution is 2.33. The van der Waals surface area contributed by atoms with Gasteiger partial charge in [0.1, 0.15) is 0 Å². The third-order valence-electron chi connectivity index (χ3n) is 3.24. The summed E-state index contributed by atoms with van der Waals surface area (Å²) in [5.41, 5.74) is 3.40. The van der Waals surface area contributed by atoms with Crippen LogP contribution in [0.15, 0.2) is 10.8 Å². The normalized spacial score (nSPS) is 12.0. The van der Waals surface area contributed by atoms with Gasteiger partial charge in [-0.05, 0) is 40.6 Å². The summed E-state index contributed by atoms with van der Waals surface area (Å²) in [6.07, 6.45) is 6.81. The third kappa shape index (κ3) is 3.64. The average molecular weight is 224 g/mol. The van der Waals surface area contributed by atoms with Gasteiger partial charge in [0.25, 0.3) is 0 Å². The highest BCUT2D eigenvalue weighted by molar-refractivity contribution is 7.08. The van der Waals surface area contributed by atoms with Crippen molar-refractivity contribution in [1.29, 1.82) is 0 Å². The smallest absolute Gasteiger partial charge is 0.00531 e. The van der Waals surface area contributed by atoms with Crippen LogP contribution in [0.2, 0.25) is 0 Å². The molecule has 1 rings (SSSR count). The van der Waals surface area contributed by atoms with E-state index in [4.69, 9.17) is 0 Å². The molecular weight excluding hydrogens is 200 g/mol. The molecule has 0 fully saturated rings. The molecule has 0 unspecified atom stereocenters. The maximum absolute atomic E-state index is 2.38. The molecule has 1 aromatic rings. The monoisotopic (exact) mass is 224 g/mol. The zero-order chi connectivity index (χ0) is 11.3. The minimum absolute atomic E-state index is 0.373. The van der Waals surface area contributed by atoms with Crippen molar-refractivity contribution in [1.82, 2.24) is 0 Å². The van der Waals surface area contributed by atoms with Crippen molar-refractivity contribution >= 4 is 11.3 Å². The van der Waals surface area contributed by atoms with Crippen LogP contribution in [-0.4, -0.2) is 0 Å². The molecule has 0 N–H and O–H groups in total. The van der Waals surface area contributed by atoms with Crippen molar-refractivity contribution < 1.29 is 0 Å². The Kier molecular flexibility index (Phi) is 4.85. The molecule has 0 atom stereocenters. The number of rotatable bonds is 6. The van der Waals surface area contributed by atoms with E-state index >= 15 is 0 Å². The molecule has 1 heteroatoms. The quantitative estimate of drug-likeness (QED) is 0.575. The Hall–Kier alpha value is -0.300.